The molecule has 1 aliphatic heterocycles. The molecule has 6 heteroatoms. The minimum absolute atomic E-state index is 0.0183. The number of hydrogen-bond acceptors (Lipinski definition) is 4. The van der Waals surface area contributed by atoms with Gasteiger partial charge in [0.25, 0.3) is 5.56 Å². The Bertz CT molecular complexity index is 590. The summed E-state index contributed by atoms with van der Waals surface area (Å²) in [5, 5.41) is 9.65. The number of rotatable bonds is 3. The summed E-state index contributed by atoms with van der Waals surface area (Å²) in [4.78, 5) is 16.2. The van der Waals surface area contributed by atoms with Gasteiger partial charge in [0.05, 0.1) is 18.7 Å². The second-order valence-corrected chi connectivity index (χ2v) is 12.4. The van der Waals surface area contributed by atoms with E-state index in [0.717, 1.165) is 6.42 Å². The van der Waals surface area contributed by atoms with Gasteiger partial charge in [0.2, 0.25) is 5.88 Å². The predicted octanol–water partition coefficient (Wildman–Crippen LogP) is 3.02. The van der Waals surface area contributed by atoms with Crippen molar-refractivity contribution in [3.8, 4) is 5.88 Å². The normalized spacial score (nSPS) is 22.4. The number of aromatic nitrogens is 2. The molecular formula is C15H26N2O3Si. The zero-order chi connectivity index (χ0) is 16.0. The van der Waals surface area contributed by atoms with E-state index in [-0.39, 0.29) is 28.4 Å². The molecular weight excluding hydrogens is 284 g/mol. The Morgan fingerprint density at radius 1 is 1.48 bits per heavy atom. The molecule has 1 aromatic heterocycles. The molecule has 0 unspecified atom stereocenters. The summed E-state index contributed by atoms with van der Waals surface area (Å²) in [6.07, 6.45) is 0.834. The van der Waals surface area contributed by atoms with Crippen LogP contribution in [-0.2, 0) is 4.43 Å². The lowest BCUT2D eigenvalue weighted by molar-refractivity contribution is 0.229. The third-order valence-corrected chi connectivity index (χ3v) is 9.34. The molecule has 0 aliphatic carbocycles. The summed E-state index contributed by atoms with van der Waals surface area (Å²) < 4.78 is 7.95. The molecule has 2 atom stereocenters. The Hall–Kier alpha value is -1.14. The SMILES string of the molecule is C[C@@H]1C[C@@H](CO[Si](C)(C)C(C)(C)C)n2c1nc(O)cc2=O. The molecule has 0 saturated heterocycles. The van der Waals surface area contributed by atoms with Gasteiger partial charge in [-0.2, -0.15) is 4.98 Å². The second kappa shape index (κ2) is 5.25. The molecule has 0 bridgehead atoms. The Balaban J connectivity index is 2.21. The minimum atomic E-state index is -1.83. The predicted molar refractivity (Wildman–Crippen MR) is 85.4 cm³/mol. The quantitative estimate of drug-likeness (QED) is 0.872. The van der Waals surface area contributed by atoms with Crippen LogP contribution in [0.25, 0.3) is 0 Å². The van der Waals surface area contributed by atoms with E-state index in [9.17, 15) is 9.90 Å². The highest BCUT2D eigenvalue weighted by atomic mass is 28.4. The highest BCUT2D eigenvalue weighted by molar-refractivity contribution is 6.74. The standard InChI is InChI=1S/C15H26N2O3Si/c1-10-7-11(9-20-21(5,6)15(2,3)4)17-13(19)8-12(18)16-14(10)17/h8,10-11,18H,7,9H2,1-6H3/t10-,11+/m1/s1. The number of fused-ring (bicyclic) bond motifs is 1. The molecule has 2 rings (SSSR count). The zero-order valence-corrected chi connectivity index (χ0v) is 14.8. The summed E-state index contributed by atoms with van der Waals surface area (Å²) in [7, 11) is -1.83. The smallest absolute Gasteiger partial charge is 0.257 e. The van der Waals surface area contributed by atoms with E-state index in [0.29, 0.717) is 12.4 Å². The lowest BCUT2D eigenvalue weighted by Gasteiger charge is -2.37. The van der Waals surface area contributed by atoms with Crippen LogP contribution >= 0.6 is 0 Å². The minimum Gasteiger partial charge on any atom is -0.493 e. The van der Waals surface area contributed by atoms with Gasteiger partial charge in [0, 0.05) is 5.92 Å². The maximum Gasteiger partial charge on any atom is 0.257 e. The molecule has 1 N–H and O–H groups in total. The Morgan fingerprint density at radius 2 is 2.10 bits per heavy atom. The molecule has 0 fully saturated rings. The van der Waals surface area contributed by atoms with Crippen LogP contribution in [0, 0.1) is 0 Å². The molecule has 0 aromatic carbocycles. The van der Waals surface area contributed by atoms with E-state index < -0.39 is 8.32 Å². The van der Waals surface area contributed by atoms with Crippen LogP contribution in [0.2, 0.25) is 18.1 Å². The van der Waals surface area contributed by atoms with Crippen molar-refractivity contribution < 1.29 is 9.53 Å². The molecule has 1 aliphatic rings. The third-order valence-electron chi connectivity index (χ3n) is 4.84. The average molecular weight is 310 g/mol. The van der Waals surface area contributed by atoms with Crippen molar-refractivity contribution in [1.82, 2.24) is 9.55 Å². The Labute approximate surface area is 127 Å². The highest BCUT2D eigenvalue weighted by Gasteiger charge is 2.39. The molecule has 21 heavy (non-hydrogen) atoms. The first-order valence-electron chi connectivity index (χ1n) is 7.49. The fourth-order valence-electron chi connectivity index (χ4n) is 2.49. The van der Waals surface area contributed by atoms with E-state index in [2.05, 4.69) is 38.8 Å². The maximum absolute atomic E-state index is 12.1. The first-order valence-corrected chi connectivity index (χ1v) is 10.4. The Morgan fingerprint density at radius 3 is 2.67 bits per heavy atom. The number of hydrogen-bond donors (Lipinski definition) is 1. The molecule has 1 aromatic rings. The van der Waals surface area contributed by atoms with Gasteiger partial charge < -0.3 is 9.53 Å². The zero-order valence-electron chi connectivity index (χ0n) is 13.8. The van der Waals surface area contributed by atoms with E-state index in [1.165, 1.54) is 6.07 Å². The molecule has 0 saturated carbocycles. The average Bonchev–Trinajstić information content (AvgIpc) is 2.62. The van der Waals surface area contributed by atoms with Crippen LogP contribution in [0.3, 0.4) is 0 Å². The van der Waals surface area contributed by atoms with Gasteiger partial charge >= 0.3 is 0 Å². The molecule has 5 nitrogen and oxygen atoms in total. The van der Waals surface area contributed by atoms with Crippen LogP contribution in [-0.4, -0.2) is 29.6 Å². The first-order chi connectivity index (χ1) is 9.53. The summed E-state index contributed by atoms with van der Waals surface area (Å²) in [6, 6.07) is 1.20. The topological polar surface area (TPSA) is 64.3 Å². The van der Waals surface area contributed by atoms with Crippen molar-refractivity contribution in [3.05, 3.63) is 22.2 Å². The van der Waals surface area contributed by atoms with Gasteiger partial charge in [-0.05, 0) is 24.6 Å². The largest absolute Gasteiger partial charge is 0.493 e. The molecule has 118 valence electrons. The fraction of sp³-hybridized carbons (Fsp3) is 0.733. The summed E-state index contributed by atoms with van der Waals surface area (Å²) in [5.41, 5.74) is -0.189. The third kappa shape index (κ3) is 3.06. The van der Waals surface area contributed by atoms with E-state index in [4.69, 9.17) is 4.43 Å². The van der Waals surface area contributed by atoms with Gasteiger partial charge in [0.1, 0.15) is 5.82 Å². The van der Waals surface area contributed by atoms with Gasteiger partial charge in [-0.25, -0.2) is 0 Å². The van der Waals surface area contributed by atoms with E-state index in [1.807, 2.05) is 6.92 Å². The second-order valence-electron chi connectivity index (χ2n) is 7.54. The van der Waals surface area contributed by atoms with Crippen LogP contribution in [0.1, 0.15) is 51.9 Å². The molecule has 0 amide bonds. The summed E-state index contributed by atoms with van der Waals surface area (Å²) in [6.45, 7) is 13.6. The molecule has 0 radical (unpaired) electrons. The number of nitrogens with zero attached hydrogens (tertiary/aromatic N) is 2. The van der Waals surface area contributed by atoms with E-state index in [1.54, 1.807) is 4.57 Å². The lowest BCUT2D eigenvalue weighted by atomic mass is 10.1. The molecule has 2 heterocycles. The van der Waals surface area contributed by atoms with Crippen molar-refractivity contribution in [2.45, 2.75) is 64.2 Å². The van der Waals surface area contributed by atoms with E-state index >= 15 is 0 Å². The van der Waals surface area contributed by atoms with Crippen molar-refractivity contribution in [3.63, 3.8) is 0 Å². The monoisotopic (exact) mass is 310 g/mol. The van der Waals surface area contributed by atoms with Gasteiger partial charge in [0.15, 0.2) is 8.32 Å². The van der Waals surface area contributed by atoms with Crippen molar-refractivity contribution in [2.75, 3.05) is 6.61 Å². The Kier molecular flexibility index (Phi) is 4.05. The van der Waals surface area contributed by atoms with Crippen LogP contribution in [0.15, 0.2) is 10.9 Å². The van der Waals surface area contributed by atoms with Crippen LogP contribution in [0.5, 0.6) is 5.88 Å². The van der Waals surface area contributed by atoms with Gasteiger partial charge in [-0.3, -0.25) is 9.36 Å². The van der Waals surface area contributed by atoms with Gasteiger partial charge in [-0.15, -0.1) is 0 Å². The lowest BCUT2D eigenvalue weighted by Crippen LogP contribution is -2.42. The fourth-order valence-corrected chi connectivity index (χ4v) is 3.54. The number of aromatic hydroxyl groups is 1. The molecule has 0 spiro atoms. The summed E-state index contributed by atoms with van der Waals surface area (Å²) in [5.74, 6) is 0.644. The van der Waals surface area contributed by atoms with Crippen LogP contribution < -0.4 is 5.56 Å². The maximum atomic E-state index is 12.1. The van der Waals surface area contributed by atoms with Gasteiger partial charge in [-0.1, -0.05) is 27.7 Å². The first kappa shape index (κ1) is 16.2. The van der Waals surface area contributed by atoms with Crippen molar-refractivity contribution in [2.24, 2.45) is 0 Å². The summed E-state index contributed by atoms with van der Waals surface area (Å²) >= 11 is 0. The highest BCUT2D eigenvalue weighted by Crippen LogP contribution is 2.39. The van der Waals surface area contributed by atoms with Crippen LogP contribution in [0.4, 0.5) is 0 Å². The van der Waals surface area contributed by atoms with Crippen molar-refractivity contribution in [1.29, 1.82) is 0 Å². The van der Waals surface area contributed by atoms with Crippen molar-refractivity contribution >= 4 is 8.32 Å².